The van der Waals surface area contributed by atoms with Gasteiger partial charge in [0.15, 0.2) is 0 Å². The van der Waals surface area contributed by atoms with Gasteiger partial charge in [-0.05, 0) is 43.7 Å². The normalized spacial score (nSPS) is 17.5. The molecule has 0 unspecified atom stereocenters. The summed E-state index contributed by atoms with van der Waals surface area (Å²) >= 11 is 5.96. The van der Waals surface area contributed by atoms with Crippen LogP contribution in [0.2, 0.25) is 5.02 Å². The summed E-state index contributed by atoms with van der Waals surface area (Å²) < 4.78 is 1.44. The van der Waals surface area contributed by atoms with Crippen molar-refractivity contribution in [2.45, 2.75) is 19.4 Å². The number of anilines is 1. The molecule has 6 nitrogen and oxygen atoms in total. The van der Waals surface area contributed by atoms with E-state index in [1.54, 1.807) is 18.3 Å². The Balaban J connectivity index is 1.45. The zero-order chi connectivity index (χ0) is 19.5. The highest BCUT2D eigenvalue weighted by Crippen LogP contribution is 2.20. The highest BCUT2D eigenvalue weighted by Gasteiger charge is 2.26. The van der Waals surface area contributed by atoms with E-state index in [4.69, 9.17) is 11.6 Å². The van der Waals surface area contributed by atoms with E-state index in [2.05, 4.69) is 15.2 Å². The molecular formula is C21H21ClN4O2. The van der Waals surface area contributed by atoms with Crippen molar-refractivity contribution in [2.24, 2.45) is 5.92 Å². The zero-order valence-corrected chi connectivity index (χ0v) is 16.1. The molecule has 1 aliphatic rings. The van der Waals surface area contributed by atoms with Gasteiger partial charge in [0.05, 0.1) is 16.6 Å². The van der Waals surface area contributed by atoms with Crippen LogP contribution < -0.4 is 10.9 Å². The molecule has 3 aromatic rings. The number of para-hydroxylation sites is 1. The van der Waals surface area contributed by atoms with Gasteiger partial charge in [0.2, 0.25) is 5.91 Å². The number of nitrogens with zero attached hydrogens (tertiary/aromatic N) is 3. The van der Waals surface area contributed by atoms with Crippen LogP contribution in [0.25, 0.3) is 5.65 Å². The molecule has 2 aromatic heterocycles. The topological polar surface area (TPSA) is 66.7 Å². The second-order valence-electron chi connectivity index (χ2n) is 7.09. The summed E-state index contributed by atoms with van der Waals surface area (Å²) in [6.45, 7) is 2.08. The molecule has 0 radical (unpaired) electrons. The summed E-state index contributed by atoms with van der Waals surface area (Å²) in [5.41, 5.74) is 1.93. The van der Waals surface area contributed by atoms with E-state index in [1.165, 1.54) is 10.5 Å². The predicted molar refractivity (Wildman–Crippen MR) is 110 cm³/mol. The van der Waals surface area contributed by atoms with Crippen molar-refractivity contribution >= 4 is 28.8 Å². The highest BCUT2D eigenvalue weighted by molar-refractivity contribution is 6.30. The van der Waals surface area contributed by atoms with E-state index in [1.807, 2.05) is 30.3 Å². The number of carbonyl (C=O) groups excluding carboxylic acids is 1. The number of fused-ring (bicyclic) bond motifs is 1. The standard InChI is InChI=1S/C21H21ClN4O2/c22-16-8-9-19-23-18(11-20(27)26(19)13-16)14-25-10-4-5-15(12-25)21(28)24-17-6-2-1-3-7-17/h1-3,6-9,11,13,15H,4-5,10,12,14H2,(H,24,28)/t15-/m1/s1. The van der Waals surface area contributed by atoms with Crippen molar-refractivity contribution < 1.29 is 4.79 Å². The number of hydrogen-bond acceptors (Lipinski definition) is 4. The van der Waals surface area contributed by atoms with E-state index in [0.717, 1.165) is 25.1 Å². The summed E-state index contributed by atoms with van der Waals surface area (Å²) in [6, 6.07) is 14.5. The minimum absolute atomic E-state index is 0.0390. The van der Waals surface area contributed by atoms with Crippen molar-refractivity contribution in [3.8, 4) is 0 Å². The summed E-state index contributed by atoms with van der Waals surface area (Å²) in [5, 5.41) is 3.48. The van der Waals surface area contributed by atoms with Gasteiger partial charge in [-0.2, -0.15) is 0 Å². The van der Waals surface area contributed by atoms with Gasteiger partial charge in [-0.3, -0.25) is 18.9 Å². The first-order valence-corrected chi connectivity index (χ1v) is 9.72. The highest BCUT2D eigenvalue weighted by atomic mass is 35.5. The van der Waals surface area contributed by atoms with Crippen LogP contribution in [0.15, 0.2) is 59.5 Å². The number of likely N-dealkylation sites (tertiary alicyclic amines) is 1. The van der Waals surface area contributed by atoms with Crippen molar-refractivity contribution in [3.63, 3.8) is 0 Å². The molecule has 1 aliphatic heterocycles. The largest absolute Gasteiger partial charge is 0.326 e. The number of pyridine rings is 1. The molecule has 0 bridgehead atoms. The van der Waals surface area contributed by atoms with Crippen LogP contribution in [0.4, 0.5) is 5.69 Å². The minimum Gasteiger partial charge on any atom is -0.326 e. The summed E-state index contributed by atoms with van der Waals surface area (Å²) in [7, 11) is 0. The molecular weight excluding hydrogens is 376 g/mol. The molecule has 1 N–H and O–H groups in total. The fraction of sp³-hybridized carbons (Fsp3) is 0.286. The molecule has 7 heteroatoms. The number of piperidine rings is 1. The number of nitrogens with one attached hydrogen (secondary N) is 1. The third-order valence-corrected chi connectivity index (χ3v) is 5.20. The van der Waals surface area contributed by atoms with Crippen molar-refractivity contribution in [3.05, 3.63) is 75.8 Å². The SMILES string of the molecule is O=C(Nc1ccccc1)[C@@H]1CCCN(Cc2cc(=O)n3cc(Cl)ccc3n2)C1. The van der Waals surface area contributed by atoms with E-state index < -0.39 is 0 Å². The van der Waals surface area contributed by atoms with Gasteiger partial charge in [0.1, 0.15) is 5.65 Å². The monoisotopic (exact) mass is 396 g/mol. The minimum atomic E-state index is -0.155. The maximum Gasteiger partial charge on any atom is 0.258 e. The number of hydrogen-bond donors (Lipinski definition) is 1. The van der Waals surface area contributed by atoms with Crippen LogP contribution in [0, 0.1) is 5.92 Å². The third-order valence-electron chi connectivity index (χ3n) is 4.98. The van der Waals surface area contributed by atoms with Crippen molar-refractivity contribution in [1.29, 1.82) is 0 Å². The average Bonchev–Trinajstić information content (AvgIpc) is 2.70. The Morgan fingerprint density at radius 2 is 2.04 bits per heavy atom. The maximum atomic E-state index is 12.6. The number of rotatable bonds is 4. The van der Waals surface area contributed by atoms with Crippen molar-refractivity contribution in [1.82, 2.24) is 14.3 Å². The molecule has 4 rings (SSSR count). The van der Waals surface area contributed by atoms with Gasteiger partial charge >= 0.3 is 0 Å². The molecule has 1 amide bonds. The van der Waals surface area contributed by atoms with Crippen LogP contribution in [-0.4, -0.2) is 33.3 Å². The number of benzene rings is 1. The smallest absolute Gasteiger partial charge is 0.258 e. The van der Waals surface area contributed by atoms with E-state index in [0.29, 0.717) is 29.5 Å². The number of aromatic nitrogens is 2. The second kappa shape index (κ2) is 8.12. The first kappa shape index (κ1) is 18.7. The number of amides is 1. The Bertz CT molecular complexity index is 1050. The van der Waals surface area contributed by atoms with Gasteiger partial charge in [0, 0.05) is 31.0 Å². The van der Waals surface area contributed by atoms with Gasteiger partial charge < -0.3 is 5.32 Å². The fourth-order valence-electron chi connectivity index (χ4n) is 3.62. The lowest BCUT2D eigenvalue weighted by Gasteiger charge is -2.31. The number of carbonyl (C=O) groups is 1. The van der Waals surface area contributed by atoms with Crippen LogP contribution in [-0.2, 0) is 11.3 Å². The molecule has 1 saturated heterocycles. The first-order chi connectivity index (χ1) is 13.6. The molecule has 1 aromatic carbocycles. The molecule has 144 valence electrons. The fourth-order valence-corrected chi connectivity index (χ4v) is 3.78. The van der Waals surface area contributed by atoms with Crippen molar-refractivity contribution in [2.75, 3.05) is 18.4 Å². The van der Waals surface area contributed by atoms with Gasteiger partial charge in [-0.25, -0.2) is 4.98 Å². The van der Waals surface area contributed by atoms with Gasteiger partial charge in [-0.15, -0.1) is 0 Å². The molecule has 1 atom stereocenters. The van der Waals surface area contributed by atoms with Gasteiger partial charge in [0.25, 0.3) is 5.56 Å². The molecule has 1 fully saturated rings. The molecule has 3 heterocycles. The molecule has 28 heavy (non-hydrogen) atoms. The predicted octanol–water partition coefficient (Wildman–Crippen LogP) is 3.20. The summed E-state index contributed by atoms with van der Waals surface area (Å²) in [6.07, 6.45) is 3.37. The van der Waals surface area contributed by atoms with Crippen LogP contribution >= 0.6 is 11.6 Å². The van der Waals surface area contributed by atoms with E-state index in [9.17, 15) is 9.59 Å². The third kappa shape index (κ3) is 4.24. The number of halogens is 1. The van der Waals surface area contributed by atoms with E-state index in [-0.39, 0.29) is 17.4 Å². The van der Waals surface area contributed by atoms with Crippen LogP contribution in [0.3, 0.4) is 0 Å². The Morgan fingerprint density at radius 3 is 2.86 bits per heavy atom. The molecule has 0 aliphatic carbocycles. The zero-order valence-electron chi connectivity index (χ0n) is 15.3. The molecule has 0 spiro atoms. The lowest BCUT2D eigenvalue weighted by Crippen LogP contribution is -2.40. The average molecular weight is 397 g/mol. The quantitative estimate of drug-likeness (QED) is 0.735. The Kier molecular flexibility index (Phi) is 5.41. The van der Waals surface area contributed by atoms with Crippen LogP contribution in [0.1, 0.15) is 18.5 Å². The lowest BCUT2D eigenvalue weighted by molar-refractivity contribution is -0.121. The van der Waals surface area contributed by atoms with Gasteiger partial charge in [-0.1, -0.05) is 29.8 Å². The second-order valence-corrected chi connectivity index (χ2v) is 7.53. The first-order valence-electron chi connectivity index (χ1n) is 9.34. The van der Waals surface area contributed by atoms with Crippen LogP contribution in [0.5, 0.6) is 0 Å². The Morgan fingerprint density at radius 1 is 1.21 bits per heavy atom. The molecule has 0 saturated carbocycles. The summed E-state index contributed by atoms with van der Waals surface area (Å²) in [4.78, 5) is 31.7. The Hall–Kier alpha value is -2.70. The Labute approximate surface area is 167 Å². The van der Waals surface area contributed by atoms with E-state index >= 15 is 0 Å². The maximum absolute atomic E-state index is 12.6. The lowest BCUT2D eigenvalue weighted by atomic mass is 9.97. The summed E-state index contributed by atoms with van der Waals surface area (Å²) in [5.74, 6) is -0.0357.